The highest BCUT2D eigenvalue weighted by Crippen LogP contribution is 2.68. The van der Waals surface area contributed by atoms with Crippen molar-refractivity contribution in [1.29, 1.82) is 0 Å². The molecule has 0 aromatic rings. The van der Waals surface area contributed by atoms with Crippen LogP contribution in [0.4, 0.5) is 0 Å². The molecular formula is C24H40O5. The molecule has 166 valence electrons. The van der Waals surface area contributed by atoms with Crippen LogP contribution < -0.4 is 0 Å². The number of rotatable bonds is 4. The number of aliphatic carboxylic acids is 1. The van der Waals surface area contributed by atoms with E-state index in [0.717, 1.165) is 44.9 Å². The first-order valence-electron chi connectivity index (χ1n) is 11.8. The second-order valence-electron chi connectivity index (χ2n) is 11.4. The van der Waals surface area contributed by atoms with Crippen LogP contribution in [-0.2, 0) is 4.79 Å². The standard InChI is InChI=1S/C24H40O5/c1-13(4-7-21(28)29)16-5-6-17-22-18(12-20(27)24(16,17)3)23(2)9-8-15(25)10-14(23)11-19(22)26/h13-20,22,25-27H,4-12H2,1-3H3,(H,28,29)/t13-,14+,15-,16-,17+,18?,19-,20+,22?,23+,24-/m0/s1. The minimum absolute atomic E-state index is 0.0957. The highest BCUT2D eigenvalue weighted by atomic mass is 16.4. The largest absolute Gasteiger partial charge is 0.481 e. The van der Waals surface area contributed by atoms with Gasteiger partial charge in [-0.25, -0.2) is 0 Å². The van der Waals surface area contributed by atoms with Crippen LogP contribution in [0, 0.1) is 46.3 Å². The van der Waals surface area contributed by atoms with Crippen molar-refractivity contribution in [3.63, 3.8) is 0 Å². The van der Waals surface area contributed by atoms with E-state index in [0.29, 0.717) is 30.1 Å². The van der Waals surface area contributed by atoms with Crippen LogP contribution in [0.3, 0.4) is 0 Å². The molecule has 5 nitrogen and oxygen atoms in total. The average Bonchev–Trinajstić information content (AvgIpc) is 3.01. The normalized spacial score (nSPS) is 52.9. The zero-order valence-electron chi connectivity index (χ0n) is 18.3. The predicted octanol–water partition coefficient (Wildman–Crippen LogP) is 3.45. The summed E-state index contributed by atoms with van der Waals surface area (Å²) in [4.78, 5) is 11.1. The molecule has 4 fully saturated rings. The topological polar surface area (TPSA) is 98.0 Å². The fourth-order valence-corrected chi connectivity index (χ4v) is 8.68. The van der Waals surface area contributed by atoms with Crippen molar-refractivity contribution in [2.45, 2.75) is 96.9 Å². The van der Waals surface area contributed by atoms with E-state index in [9.17, 15) is 20.1 Å². The summed E-state index contributed by atoms with van der Waals surface area (Å²) in [5, 5.41) is 42.0. The average molecular weight is 409 g/mol. The molecule has 4 N–H and O–H groups in total. The van der Waals surface area contributed by atoms with Crippen LogP contribution in [0.15, 0.2) is 0 Å². The third-order valence-electron chi connectivity index (χ3n) is 10.3. The lowest BCUT2D eigenvalue weighted by atomic mass is 9.43. The molecule has 5 heteroatoms. The molecule has 4 aliphatic rings. The van der Waals surface area contributed by atoms with Crippen molar-refractivity contribution in [2.24, 2.45) is 46.3 Å². The van der Waals surface area contributed by atoms with E-state index in [4.69, 9.17) is 5.11 Å². The smallest absolute Gasteiger partial charge is 0.303 e. The molecule has 11 atom stereocenters. The second kappa shape index (κ2) is 7.49. The SMILES string of the molecule is C[C@@H](CCC(=O)O)[C@@H]1CC[C@@H]2C3C(C[C@@H](O)[C@]21C)[C@]1(C)CC[C@H](O)C[C@@H]1C[C@@H]3O. The molecule has 4 rings (SSSR count). The summed E-state index contributed by atoms with van der Waals surface area (Å²) in [6.07, 6.45) is 6.00. The zero-order valence-corrected chi connectivity index (χ0v) is 18.3. The van der Waals surface area contributed by atoms with Gasteiger partial charge in [0.1, 0.15) is 0 Å². The molecule has 29 heavy (non-hydrogen) atoms. The molecule has 0 bridgehead atoms. The van der Waals surface area contributed by atoms with E-state index in [1.807, 2.05) is 0 Å². The number of carboxylic acids is 1. The van der Waals surface area contributed by atoms with Gasteiger partial charge in [-0.3, -0.25) is 4.79 Å². The van der Waals surface area contributed by atoms with E-state index < -0.39 is 12.1 Å². The zero-order chi connectivity index (χ0) is 21.1. The Morgan fingerprint density at radius 1 is 1.03 bits per heavy atom. The number of aliphatic hydroxyl groups excluding tert-OH is 3. The fourth-order valence-electron chi connectivity index (χ4n) is 8.68. The lowest BCUT2D eigenvalue weighted by Gasteiger charge is -2.63. The third-order valence-corrected chi connectivity index (χ3v) is 10.3. The van der Waals surface area contributed by atoms with Crippen LogP contribution in [0.25, 0.3) is 0 Å². The van der Waals surface area contributed by atoms with Crippen molar-refractivity contribution in [3.8, 4) is 0 Å². The number of fused-ring (bicyclic) bond motifs is 5. The molecule has 0 saturated heterocycles. The molecular weight excluding hydrogens is 368 g/mol. The Morgan fingerprint density at radius 2 is 1.76 bits per heavy atom. The summed E-state index contributed by atoms with van der Waals surface area (Å²) >= 11 is 0. The van der Waals surface area contributed by atoms with E-state index in [2.05, 4.69) is 20.8 Å². The van der Waals surface area contributed by atoms with E-state index in [-0.39, 0.29) is 41.3 Å². The number of carbonyl (C=O) groups is 1. The summed E-state index contributed by atoms with van der Waals surface area (Å²) in [6, 6.07) is 0. The van der Waals surface area contributed by atoms with Gasteiger partial charge in [-0.15, -0.1) is 0 Å². The molecule has 0 radical (unpaired) electrons. The molecule has 0 amide bonds. The first-order valence-corrected chi connectivity index (χ1v) is 11.8. The van der Waals surface area contributed by atoms with Gasteiger partial charge in [-0.2, -0.15) is 0 Å². The number of hydrogen-bond acceptors (Lipinski definition) is 4. The van der Waals surface area contributed by atoms with Crippen LogP contribution in [0.5, 0.6) is 0 Å². The molecule has 2 unspecified atom stereocenters. The first kappa shape index (κ1) is 21.6. The summed E-state index contributed by atoms with van der Waals surface area (Å²) in [5.74, 6) is 0.997. The van der Waals surface area contributed by atoms with Gasteiger partial charge in [0.25, 0.3) is 0 Å². The monoisotopic (exact) mass is 408 g/mol. The molecule has 4 aliphatic carbocycles. The Balaban J connectivity index is 1.61. The van der Waals surface area contributed by atoms with Gasteiger partial charge >= 0.3 is 5.97 Å². The van der Waals surface area contributed by atoms with E-state index in [1.165, 1.54) is 0 Å². The quantitative estimate of drug-likeness (QED) is 0.571. The van der Waals surface area contributed by atoms with Crippen molar-refractivity contribution in [3.05, 3.63) is 0 Å². The first-order chi connectivity index (χ1) is 13.6. The summed E-state index contributed by atoms with van der Waals surface area (Å²) < 4.78 is 0. The Kier molecular flexibility index (Phi) is 5.57. The predicted molar refractivity (Wildman–Crippen MR) is 110 cm³/mol. The van der Waals surface area contributed by atoms with Gasteiger partial charge in [-0.05, 0) is 97.7 Å². The Morgan fingerprint density at radius 3 is 2.45 bits per heavy atom. The lowest BCUT2D eigenvalue weighted by molar-refractivity contribution is -0.207. The van der Waals surface area contributed by atoms with Gasteiger partial charge in [-0.1, -0.05) is 20.8 Å². The third kappa shape index (κ3) is 3.27. The highest BCUT2D eigenvalue weighted by Gasteiger charge is 2.65. The maximum Gasteiger partial charge on any atom is 0.303 e. The molecule has 0 aromatic heterocycles. The fraction of sp³-hybridized carbons (Fsp3) is 0.958. The van der Waals surface area contributed by atoms with Crippen molar-refractivity contribution >= 4 is 5.97 Å². The van der Waals surface area contributed by atoms with Crippen molar-refractivity contribution in [2.75, 3.05) is 0 Å². The highest BCUT2D eigenvalue weighted by molar-refractivity contribution is 5.66. The Bertz CT molecular complexity index is 637. The van der Waals surface area contributed by atoms with Crippen LogP contribution in [0.1, 0.15) is 78.6 Å². The molecule has 4 saturated carbocycles. The van der Waals surface area contributed by atoms with E-state index in [1.54, 1.807) is 0 Å². The molecule has 0 heterocycles. The van der Waals surface area contributed by atoms with Gasteiger partial charge in [0.2, 0.25) is 0 Å². The molecule has 0 spiro atoms. The maximum absolute atomic E-state index is 11.5. The van der Waals surface area contributed by atoms with Crippen molar-refractivity contribution < 1.29 is 25.2 Å². The Labute approximate surface area is 174 Å². The van der Waals surface area contributed by atoms with Gasteiger partial charge in [0.15, 0.2) is 0 Å². The minimum atomic E-state index is -0.748. The summed E-state index contributed by atoms with van der Waals surface area (Å²) in [6.45, 7) is 6.72. The van der Waals surface area contributed by atoms with Gasteiger partial charge in [0.05, 0.1) is 18.3 Å². The second-order valence-corrected chi connectivity index (χ2v) is 11.4. The van der Waals surface area contributed by atoms with Crippen LogP contribution in [-0.4, -0.2) is 44.7 Å². The minimum Gasteiger partial charge on any atom is -0.481 e. The van der Waals surface area contributed by atoms with E-state index >= 15 is 0 Å². The summed E-state index contributed by atoms with van der Waals surface area (Å²) in [5.41, 5.74) is -0.143. The van der Waals surface area contributed by atoms with Gasteiger partial charge in [0, 0.05) is 6.42 Å². The molecule has 0 aromatic carbocycles. The number of hydrogen-bond donors (Lipinski definition) is 4. The van der Waals surface area contributed by atoms with Crippen molar-refractivity contribution in [1.82, 2.24) is 0 Å². The number of aliphatic hydroxyl groups is 3. The Hall–Kier alpha value is -0.650. The summed E-state index contributed by atoms with van der Waals surface area (Å²) in [7, 11) is 0. The van der Waals surface area contributed by atoms with Gasteiger partial charge < -0.3 is 20.4 Å². The lowest BCUT2D eigenvalue weighted by Crippen LogP contribution is -2.62. The maximum atomic E-state index is 11.5. The van der Waals surface area contributed by atoms with Crippen LogP contribution in [0.2, 0.25) is 0 Å². The molecule has 0 aliphatic heterocycles. The van der Waals surface area contributed by atoms with Crippen LogP contribution >= 0.6 is 0 Å². The number of carboxylic acid groups (broad SMARTS) is 1.